The summed E-state index contributed by atoms with van der Waals surface area (Å²) in [6.07, 6.45) is 2.07. The van der Waals surface area contributed by atoms with E-state index in [1.54, 1.807) is 0 Å². The lowest BCUT2D eigenvalue weighted by Gasteiger charge is -2.19. The molecule has 0 radical (unpaired) electrons. The van der Waals surface area contributed by atoms with E-state index in [2.05, 4.69) is 26.1 Å². The summed E-state index contributed by atoms with van der Waals surface area (Å²) in [6, 6.07) is 0.343. The fourth-order valence-electron chi connectivity index (χ4n) is 1.99. The highest BCUT2D eigenvalue weighted by Gasteiger charge is 2.32. The number of aliphatic hydroxyl groups excluding tert-OH is 1. The summed E-state index contributed by atoms with van der Waals surface area (Å²) in [7, 11) is 0. The van der Waals surface area contributed by atoms with Gasteiger partial charge in [0.05, 0.1) is 6.10 Å². The van der Waals surface area contributed by atoms with Gasteiger partial charge in [-0.25, -0.2) is 0 Å². The Morgan fingerprint density at radius 3 is 2.58 bits per heavy atom. The molecule has 1 heterocycles. The van der Waals surface area contributed by atoms with E-state index in [0.717, 1.165) is 19.4 Å². The molecule has 0 spiro atoms. The summed E-state index contributed by atoms with van der Waals surface area (Å²) in [5, 5.41) is 13.2. The average Bonchev–Trinajstić information content (AvgIpc) is 2.32. The molecule has 1 saturated heterocycles. The van der Waals surface area contributed by atoms with Gasteiger partial charge in [0, 0.05) is 12.6 Å². The van der Waals surface area contributed by atoms with Crippen LogP contribution in [-0.2, 0) is 0 Å². The minimum Gasteiger partial charge on any atom is -0.391 e. The van der Waals surface area contributed by atoms with Crippen molar-refractivity contribution >= 4 is 0 Å². The molecular weight excluding hydrogens is 150 g/mol. The Morgan fingerprint density at radius 2 is 2.17 bits per heavy atom. The first-order valence-corrected chi connectivity index (χ1v) is 5.06. The van der Waals surface area contributed by atoms with Crippen LogP contribution in [0, 0.1) is 11.8 Å². The standard InChI is InChI=1S/C10H21NO/c1-4-8-6-11-9(10(8)12)5-7(2)3/h7-12H,4-6H2,1-3H3/t8-,9+,10+/m0/s1. The first-order valence-electron chi connectivity index (χ1n) is 5.06. The lowest BCUT2D eigenvalue weighted by Crippen LogP contribution is -2.32. The molecule has 0 aromatic carbocycles. The summed E-state index contributed by atoms with van der Waals surface area (Å²) in [5.41, 5.74) is 0. The maximum atomic E-state index is 9.84. The molecule has 1 rings (SSSR count). The second kappa shape index (κ2) is 4.24. The Kier molecular flexibility index (Phi) is 3.53. The summed E-state index contributed by atoms with van der Waals surface area (Å²) in [4.78, 5) is 0. The molecule has 2 heteroatoms. The highest BCUT2D eigenvalue weighted by molar-refractivity contribution is 4.89. The lowest BCUT2D eigenvalue weighted by atomic mass is 9.94. The van der Waals surface area contributed by atoms with Crippen LogP contribution in [0.25, 0.3) is 0 Å². The van der Waals surface area contributed by atoms with Gasteiger partial charge in [-0.05, 0) is 24.7 Å². The van der Waals surface area contributed by atoms with Crippen molar-refractivity contribution in [3.05, 3.63) is 0 Å². The molecular formula is C10H21NO. The largest absolute Gasteiger partial charge is 0.391 e. The third-order valence-electron chi connectivity index (χ3n) is 2.79. The van der Waals surface area contributed by atoms with Crippen molar-refractivity contribution in [3.8, 4) is 0 Å². The molecule has 2 N–H and O–H groups in total. The zero-order valence-corrected chi connectivity index (χ0v) is 8.38. The van der Waals surface area contributed by atoms with Gasteiger partial charge in [0.25, 0.3) is 0 Å². The molecule has 2 nitrogen and oxygen atoms in total. The van der Waals surface area contributed by atoms with Crippen LogP contribution in [0.1, 0.15) is 33.6 Å². The SMILES string of the molecule is CC[C@H]1CN[C@H](CC(C)C)[C@@H]1O. The highest BCUT2D eigenvalue weighted by Crippen LogP contribution is 2.22. The molecule has 1 aliphatic heterocycles. The molecule has 0 saturated carbocycles. The number of aliphatic hydroxyl groups is 1. The van der Waals surface area contributed by atoms with Crippen molar-refractivity contribution in [3.63, 3.8) is 0 Å². The smallest absolute Gasteiger partial charge is 0.0733 e. The van der Waals surface area contributed by atoms with Crippen molar-refractivity contribution in [1.82, 2.24) is 5.32 Å². The van der Waals surface area contributed by atoms with Crippen LogP contribution in [0.4, 0.5) is 0 Å². The fourth-order valence-corrected chi connectivity index (χ4v) is 1.99. The van der Waals surface area contributed by atoms with Crippen LogP contribution < -0.4 is 5.32 Å². The number of hydrogen-bond acceptors (Lipinski definition) is 2. The summed E-state index contributed by atoms with van der Waals surface area (Å²) in [5.74, 6) is 1.15. The van der Waals surface area contributed by atoms with Crippen LogP contribution in [0.5, 0.6) is 0 Å². The minimum atomic E-state index is -0.114. The predicted molar refractivity (Wildman–Crippen MR) is 51.0 cm³/mol. The molecule has 3 atom stereocenters. The molecule has 1 aliphatic rings. The van der Waals surface area contributed by atoms with E-state index in [0.29, 0.717) is 17.9 Å². The van der Waals surface area contributed by atoms with E-state index in [9.17, 15) is 5.11 Å². The van der Waals surface area contributed by atoms with Gasteiger partial charge in [-0.2, -0.15) is 0 Å². The van der Waals surface area contributed by atoms with Crippen molar-refractivity contribution in [1.29, 1.82) is 0 Å². The van der Waals surface area contributed by atoms with Gasteiger partial charge in [-0.3, -0.25) is 0 Å². The second-order valence-electron chi connectivity index (χ2n) is 4.30. The van der Waals surface area contributed by atoms with Crippen molar-refractivity contribution < 1.29 is 5.11 Å². The van der Waals surface area contributed by atoms with Crippen LogP contribution in [0.2, 0.25) is 0 Å². The first-order chi connectivity index (χ1) is 5.65. The van der Waals surface area contributed by atoms with E-state index in [4.69, 9.17) is 0 Å². The number of hydrogen-bond donors (Lipinski definition) is 2. The molecule has 0 aliphatic carbocycles. The highest BCUT2D eigenvalue weighted by atomic mass is 16.3. The average molecular weight is 171 g/mol. The Labute approximate surface area is 75.4 Å². The lowest BCUT2D eigenvalue weighted by molar-refractivity contribution is 0.108. The van der Waals surface area contributed by atoms with Crippen molar-refractivity contribution in [2.24, 2.45) is 11.8 Å². The third-order valence-corrected chi connectivity index (χ3v) is 2.79. The zero-order valence-electron chi connectivity index (χ0n) is 8.38. The van der Waals surface area contributed by atoms with Crippen LogP contribution in [0.15, 0.2) is 0 Å². The van der Waals surface area contributed by atoms with Gasteiger partial charge in [0.15, 0.2) is 0 Å². The molecule has 12 heavy (non-hydrogen) atoms. The summed E-state index contributed by atoms with van der Waals surface area (Å²) < 4.78 is 0. The predicted octanol–water partition coefficient (Wildman–Crippen LogP) is 1.39. The third kappa shape index (κ3) is 2.20. The summed E-state index contributed by atoms with van der Waals surface area (Å²) >= 11 is 0. The van der Waals surface area contributed by atoms with E-state index in [1.165, 1.54) is 0 Å². The van der Waals surface area contributed by atoms with Gasteiger partial charge in [-0.15, -0.1) is 0 Å². The van der Waals surface area contributed by atoms with Crippen LogP contribution in [-0.4, -0.2) is 23.8 Å². The Bertz CT molecular complexity index is 136. The summed E-state index contributed by atoms with van der Waals surface area (Å²) in [6.45, 7) is 7.55. The molecule has 0 aromatic heterocycles. The Morgan fingerprint density at radius 1 is 1.50 bits per heavy atom. The molecule has 1 fully saturated rings. The van der Waals surface area contributed by atoms with Gasteiger partial charge in [0.1, 0.15) is 0 Å². The van der Waals surface area contributed by atoms with E-state index in [-0.39, 0.29) is 6.10 Å². The van der Waals surface area contributed by atoms with Gasteiger partial charge in [0.2, 0.25) is 0 Å². The van der Waals surface area contributed by atoms with E-state index >= 15 is 0 Å². The Balaban J connectivity index is 2.38. The zero-order chi connectivity index (χ0) is 9.14. The maximum absolute atomic E-state index is 9.84. The maximum Gasteiger partial charge on any atom is 0.0733 e. The van der Waals surface area contributed by atoms with Gasteiger partial charge >= 0.3 is 0 Å². The van der Waals surface area contributed by atoms with Gasteiger partial charge in [-0.1, -0.05) is 20.8 Å². The second-order valence-corrected chi connectivity index (χ2v) is 4.30. The van der Waals surface area contributed by atoms with Crippen molar-refractivity contribution in [2.45, 2.75) is 45.8 Å². The monoisotopic (exact) mass is 171 g/mol. The molecule has 72 valence electrons. The molecule has 0 bridgehead atoms. The van der Waals surface area contributed by atoms with Crippen molar-refractivity contribution in [2.75, 3.05) is 6.54 Å². The Hall–Kier alpha value is -0.0800. The molecule has 0 amide bonds. The minimum absolute atomic E-state index is 0.114. The van der Waals surface area contributed by atoms with Crippen LogP contribution >= 0.6 is 0 Å². The molecule has 0 unspecified atom stereocenters. The van der Waals surface area contributed by atoms with Crippen LogP contribution in [0.3, 0.4) is 0 Å². The quantitative estimate of drug-likeness (QED) is 0.672. The number of rotatable bonds is 3. The first kappa shape index (κ1) is 10.0. The topological polar surface area (TPSA) is 32.3 Å². The normalized spacial score (nSPS) is 36.2. The van der Waals surface area contributed by atoms with E-state index < -0.39 is 0 Å². The fraction of sp³-hybridized carbons (Fsp3) is 1.00. The molecule has 0 aromatic rings. The van der Waals surface area contributed by atoms with Gasteiger partial charge < -0.3 is 10.4 Å². The van der Waals surface area contributed by atoms with E-state index in [1.807, 2.05) is 0 Å². The number of nitrogens with one attached hydrogen (secondary N) is 1.